The number of hydrogen-bond acceptors (Lipinski definition) is 4. The molecule has 0 saturated carbocycles. The zero-order valence-corrected chi connectivity index (χ0v) is 9.91. The fraction of sp³-hybridized carbons (Fsp3) is 0. The Morgan fingerprint density at radius 2 is 1.74 bits per heavy atom. The number of hydrogen-bond donors (Lipinski definition) is 2. The largest absolute Gasteiger partial charge is 0.872 e. The molecular formula is C14H11N2O3-. The molecule has 0 unspecified atom stereocenters. The minimum atomic E-state index is -0.965. The van der Waals surface area contributed by atoms with Crippen molar-refractivity contribution < 1.29 is 15.0 Å². The molecule has 0 fully saturated rings. The number of nitrogens with zero attached hydrogens (tertiary/aromatic N) is 1. The zero-order valence-electron chi connectivity index (χ0n) is 9.91. The van der Waals surface area contributed by atoms with Crippen LogP contribution in [0, 0.1) is 0 Å². The summed E-state index contributed by atoms with van der Waals surface area (Å²) in [7, 11) is 0. The summed E-state index contributed by atoms with van der Waals surface area (Å²) < 4.78 is 0. The van der Waals surface area contributed by atoms with E-state index in [9.17, 15) is 9.90 Å². The summed E-state index contributed by atoms with van der Waals surface area (Å²) in [6, 6.07) is 12.5. The van der Waals surface area contributed by atoms with Crippen LogP contribution in [0.15, 0.2) is 53.6 Å². The van der Waals surface area contributed by atoms with E-state index in [1.54, 1.807) is 30.5 Å². The molecule has 96 valence electrons. The number of anilines is 1. The van der Waals surface area contributed by atoms with Gasteiger partial charge in [-0.2, -0.15) is 5.10 Å². The molecule has 2 N–H and O–H groups in total. The van der Waals surface area contributed by atoms with E-state index >= 15 is 0 Å². The van der Waals surface area contributed by atoms with Gasteiger partial charge in [-0.1, -0.05) is 24.3 Å². The van der Waals surface area contributed by atoms with Crippen molar-refractivity contribution in [3.63, 3.8) is 0 Å². The van der Waals surface area contributed by atoms with Crippen molar-refractivity contribution in [2.24, 2.45) is 5.10 Å². The summed E-state index contributed by atoms with van der Waals surface area (Å²) in [6.45, 7) is 0. The maximum absolute atomic E-state index is 10.9. The van der Waals surface area contributed by atoms with Crippen LogP contribution in [0.25, 0.3) is 0 Å². The smallest absolute Gasteiger partial charge is 0.335 e. The van der Waals surface area contributed by atoms with Gasteiger partial charge in [0.05, 0.1) is 17.5 Å². The lowest BCUT2D eigenvalue weighted by molar-refractivity contribution is -0.268. The third-order valence-corrected chi connectivity index (χ3v) is 2.42. The highest BCUT2D eigenvalue weighted by Gasteiger charge is 2.00. The molecule has 0 saturated heterocycles. The molecule has 0 aliphatic rings. The molecule has 0 heterocycles. The van der Waals surface area contributed by atoms with Crippen LogP contribution in [-0.4, -0.2) is 17.3 Å². The number of carbonyl (C=O) groups is 1. The van der Waals surface area contributed by atoms with E-state index in [0.29, 0.717) is 5.69 Å². The van der Waals surface area contributed by atoms with Crippen molar-refractivity contribution in [2.75, 3.05) is 5.43 Å². The fourth-order valence-electron chi connectivity index (χ4n) is 1.42. The highest BCUT2D eigenvalue weighted by molar-refractivity contribution is 5.88. The third-order valence-electron chi connectivity index (χ3n) is 2.42. The predicted molar refractivity (Wildman–Crippen MR) is 70.5 cm³/mol. The molecule has 0 spiro atoms. The van der Waals surface area contributed by atoms with Crippen molar-refractivity contribution in [2.45, 2.75) is 0 Å². The average Bonchev–Trinajstić information content (AvgIpc) is 2.41. The van der Waals surface area contributed by atoms with E-state index in [2.05, 4.69) is 10.5 Å². The second-order valence-electron chi connectivity index (χ2n) is 3.82. The molecule has 2 rings (SSSR count). The maximum Gasteiger partial charge on any atom is 0.335 e. The van der Waals surface area contributed by atoms with Crippen molar-refractivity contribution >= 4 is 17.9 Å². The molecule has 0 aromatic heterocycles. The summed E-state index contributed by atoms with van der Waals surface area (Å²) in [5, 5.41) is 23.6. The summed E-state index contributed by atoms with van der Waals surface area (Å²) >= 11 is 0. The molecule has 2 aromatic rings. The molecule has 19 heavy (non-hydrogen) atoms. The minimum Gasteiger partial charge on any atom is -0.872 e. The van der Waals surface area contributed by atoms with Gasteiger partial charge in [0, 0.05) is 0 Å². The molecule has 0 amide bonds. The van der Waals surface area contributed by atoms with Crippen molar-refractivity contribution in [1.29, 1.82) is 0 Å². The first-order valence-corrected chi connectivity index (χ1v) is 5.55. The molecule has 0 bridgehead atoms. The Bertz CT molecular complexity index is 589. The first kappa shape index (κ1) is 12.6. The van der Waals surface area contributed by atoms with E-state index in [-0.39, 0.29) is 11.3 Å². The number of hydrazone groups is 1. The van der Waals surface area contributed by atoms with Crippen LogP contribution in [0.5, 0.6) is 5.75 Å². The fourth-order valence-corrected chi connectivity index (χ4v) is 1.42. The minimum absolute atomic E-state index is 0.0469. The summed E-state index contributed by atoms with van der Waals surface area (Å²) in [5.74, 6) is -1.01. The van der Waals surface area contributed by atoms with Crippen LogP contribution in [0.2, 0.25) is 0 Å². The van der Waals surface area contributed by atoms with Crippen LogP contribution in [0.4, 0.5) is 5.69 Å². The maximum atomic E-state index is 10.9. The standard InChI is InChI=1S/C14H12N2O3/c17-13-7-1-10(2-8-13)9-15-16-12-5-3-11(4-6-12)14(18)19/h1-9,16-17H,(H,18,19)/p-1/b15-9+. The van der Waals surface area contributed by atoms with E-state index in [1.165, 1.54) is 24.3 Å². The monoisotopic (exact) mass is 255 g/mol. The van der Waals surface area contributed by atoms with Gasteiger partial charge in [-0.3, -0.25) is 5.43 Å². The topological polar surface area (TPSA) is 84.8 Å². The molecule has 2 aromatic carbocycles. The van der Waals surface area contributed by atoms with E-state index in [4.69, 9.17) is 5.11 Å². The van der Waals surface area contributed by atoms with Gasteiger partial charge in [0.1, 0.15) is 0 Å². The number of carboxylic acids is 1. The number of rotatable bonds is 4. The quantitative estimate of drug-likeness (QED) is 0.645. The molecule has 0 aliphatic heterocycles. The van der Waals surface area contributed by atoms with Crippen molar-refractivity contribution in [1.82, 2.24) is 0 Å². The number of nitrogens with one attached hydrogen (secondary N) is 1. The average molecular weight is 255 g/mol. The molecule has 5 heteroatoms. The summed E-state index contributed by atoms with van der Waals surface area (Å²) in [4.78, 5) is 10.7. The Morgan fingerprint density at radius 3 is 2.32 bits per heavy atom. The lowest BCUT2D eigenvalue weighted by Gasteiger charge is -2.03. The number of carboxylic acid groups (broad SMARTS) is 1. The first-order chi connectivity index (χ1) is 9.15. The molecule has 0 radical (unpaired) electrons. The van der Waals surface area contributed by atoms with Gasteiger partial charge in [-0.05, 0) is 29.8 Å². The molecule has 0 atom stereocenters. The van der Waals surface area contributed by atoms with Crippen LogP contribution in [0.3, 0.4) is 0 Å². The van der Waals surface area contributed by atoms with Crippen LogP contribution < -0.4 is 10.5 Å². The Labute approximate surface area is 109 Å². The van der Waals surface area contributed by atoms with E-state index < -0.39 is 5.97 Å². The Balaban J connectivity index is 1.98. The predicted octanol–water partition coefficient (Wildman–Crippen LogP) is 1.90. The first-order valence-electron chi connectivity index (χ1n) is 5.55. The Hall–Kier alpha value is -2.82. The van der Waals surface area contributed by atoms with Gasteiger partial charge in [-0.15, -0.1) is 5.75 Å². The van der Waals surface area contributed by atoms with E-state index in [1.807, 2.05) is 0 Å². The second kappa shape index (κ2) is 5.68. The van der Waals surface area contributed by atoms with Gasteiger partial charge in [0.15, 0.2) is 0 Å². The zero-order chi connectivity index (χ0) is 13.7. The second-order valence-corrected chi connectivity index (χ2v) is 3.82. The highest BCUT2D eigenvalue weighted by atomic mass is 16.4. The Kier molecular flexibility index (Phi) is 3.78. The number of benzene rings is 2. The summed E-state index contributed by atoms with van der Waals surface area (Å²) in [5.41, 5.74) is 4.48. The number of aromatic carboxylic acids is 1. The van der Waals surface area contributed by atoms with Crippen LogP contribution in [0.1, 0.15) is 15.9 Å². The normalized spacial score (nSPS) is 10.5. The lowest BCUT2D eigenvalue weighted by Crippen LogP contribution is -1.96. The molecule has 5 nitrogen and oxygen atoms in total. The summed E-state index contributed by atoms with van der Waals surface area (Å²) in [6.07, 6.45) is 1.57. The lowest BCUT2D eigenvalue weighted by atomic mass is 10.2. The molecular weight excluding hydrogens is 244 g/mol. The van der Waals surface area contributed by atoms with Crippen LogP contribution in [-0.2, 0) is 0 Å². The van der Waals surface area contributed by atoms with Crippen molar-refractivity contribution in [3.05, 3.63) is 59.7 Å². The Morgan fingerprint density at radius 1 is 1.11 bits per heavy atom. The molecule has 0 aliphatic carbocycles. The van der Waals surface area contributed by atoms with Gasteiger partial charge in [-0.25, -0.2) is 4.79 Å². The van der Waals surface area contributed by atoms with Gasteiger partial charge >= 0.3 is 5.97 Å². The van der Waals surface area contributed by atoms with Gasteiger partial charge in [0.25, 0.3) is 0 Å². The SMILES string of the molecule is O=C(O)c1ccc(N/N=C/c2ccc([O-])cc2)cc1. The van der Waals surface area contributed by atoms with E-state index in [0.717, 1.165) is 5.56 Å². The van der Waals surface area contributed by atoms with Crippen LogP contribution >= 0.6 is 0 Å². The van der Waals surface area contributed by atoms with Gasteiger partial charge in [0.2, 0.25) is 0 Å². The third kappa shape index (κ3) is 3.57. The highest BCUT2D eigenvalue weighted by Crippen LogP contribution is 2.09. The van der Waals surface area contributed by atoms with Crippen molar-refractivity contribution in [3.8, 4) is 5.75 Å². The van der Waals surface area contributed by atoms with Gasteiger partial charge < -0.3 is 10.2 Å².